The highest BCUT2D eigenvalue weighted by Crippen LogP contribution is 2.32. The smallest absolute Gasteiger partial charge is 0.331 e. The molecule has 56 valence electrons. The van der Waals surface area contributed by atoms with E-state index in [9.17, 15) is 4.79 Å². The lowest BCUT2D eigenvalue weighted by molar-refractivity contribution is -0.132. The minimum atomic E-state index is -0.784. The van der Waals surface area contributed by atoms with Crippen LogP contribution in [0.3, 0.4) is 0 Å². The number of rotatable bonds is 1. The Morgan fingerprint density at radius 3 is 3.00 bits per heavy atom. The van der Waals surface area contributed by atoms with Crippen molar-refractivity contribution in [2.75, 3.05) is 0 Å². The summed E-state index contributed by atoms with van der Waals surface area (Å²) in [6, 6.07) is 0. The summed E-state index contributed by atoms with van der Waals surface area (Å²) in [7, 11) is 0. The summed E-state index contributed by atoms with van der Waals surface area (Å²) >= 11 is 0. The molecule has 2 aliphatic rings. The van der Waals surface area contributed by atoms with E-state index in [1.807, 2.05) is 6.08 Å². The first-order valence-corrected chi connectivity index (χ1v) is 3.60. The Balaban J connectivity index is 2.26. The molecule has 0 unspecified atom stereocenters. The van der Waals surface area contributed by atoms with Gasteiger partial charge in [0.15, 0.2) is 0 Å². The van der Waals surface area contributed by atoms with E-state index >= 15 is 0 Å². The Bertz CT molecular complexity index is 306. The van der Waals surface area contributed by atoms with E-state index in [0.29, 0.717) is 12.0 Å². The van der Waals surface area contributed by atoms with Gasteiger partial charge in [-0.25, -0.2) is 4.79 Å². The predicted octanol–water partition coefficient (Wildman–Crippen LogP) is 1.66. The van der Waals surface area contributed by atoms with Crippen molar-refractivity contribution in [2.24, 2.45) is 0 Å². The lowest BCUT2D eigenvalue weighted by Crippen LogP contribution is -1.97. The van der Waals surface area contributed by atoms with Gasteiger partial charge in [-0.3, -0.25) is 0 Å². The van der Waals surface area contributed by atoms with Crippen molar-refractivity contribution in [3.05, 3.63) is 34.9 Å². The van der Waals surface area contributed by atoms with Crippen LogP contribution < -0.4 is 0 Å². The lowest BCUT2D eigenvalue weighted by atomic mass is 10.1. The van der Waals surface area contributed by atoms with Crippen LogP contribution >= 0.6 is 0 Å². The molecule has 1 N–H and O–H groups in total. The molecule has 0 amide bonds. The molecule has 0 aromatic rings. The molecule has 2 rings (SSSR count). The molecule has 0 fully saturated rings. The van der Waals surface area contributed by atoms with Crippen LogP contribution in [-0.2, 0) is 4.79 Å². The third-order valence-electron chi connectivity index (χ3n) is 2.08. The first kappa shape index (κ1) is 6.40. The first-order chi connectivity index (χ1) is 5.27. The fourth-order valence-corrected chi connectivity index (χ4v) is 1.49. The molecule has 0 bridgehead atoms. The van der Waals surface area contributed by atoms with Gasteiger partial charge in [0.2, 0.25) is 0 Å². The van der Waals surface area contributed by atoms with Crippen LogP contribution in [0.2, 0.25) is 0 Å². The van der Waals surface area contributed by atoms with Gasteiger partial charge < -0.3 is 5.11 Å². The molecule has 0 saturated carbocycles. The van der Waals surface area contributed by atoms with Gasteiger partial charge in [0.25, 0.3) is 0 Å². The Morgan fingerprint density at radius 2 is 2.36 bits per heavy atom. The minimum absolute atomic E-state index is 0.527. The van der Waals surface area contributed by atoms with E-state index in [4.69, 9.17) is 5.11 Å². The van der Waals surface area contributed by atoms with Crippen molar-refractivity contribution in [1.82, 2.24) is 0 Å². The van der Waals surface area contributed by atoms with Crippen molar-refractivity contribution in [3.8, 4) is 0 Å². The van der Waals surface area contributed by atoms with Gasteiger partial charge in [0.05, 0.1) is 0 Å². The van der Waals surface area contributed by atoms with E-state index in [2.05, 4.69) is 6.08 Å². The van der Waals surface area contributed by atoms with Gasteiger partial charge in [-0.05, 0) is 18.1 Å². The van der Waals surface area contributed by atoms with Crippen molar-refractivity contribution < 1.29 is 9.90 Å². The summed E-state index contributed by atoms with van der Waals surface area (Å²) in [5.74, 6) is -0.784. The maximum absolute atomic E-state index is 10.5. The van der Waals surface area contributed by atoms with Crippen LogP contribution in [0.25, 0.3) is 0 Å². The molecule has 0 spiro atoms. The van der Waals surface area contributed by atoms with Gasteiger partial charge in [-0.1, -0.05) is 17.7 Å². The molecule has 0 heterocycles. The highest BCUT2D eigenvalue weighted by atomic mass is 16.4. The number of aliphatic carboxylic acids is 1. The molecule has 0 aliphatic heterocycles. The SMILES string of the molecule is O=C(O)C1=CC2=C(CC=C2)C1. The maximum Gasteiger partial charge on any atom is 0.331 e. The summed E-state index contributed by atoms with van der Waals surface area (Å²) in [6.45, 7) is 0. The summed E-state index contributed by atoms with van der Waals surface area (Å²) in [5, 5.41) is 8.65. The normalized spacial score (nSPS) is 20.5. The number of carboxylic acids is 1. The number of carbonyl (C=O) groups is 1. The Labute approximate surface area is 64.5 Å². The largest absolute Gasteiger partial charge is 0.478 e. The number of carboxylic acid groups (broad SMARTS) is 1. The average molecular weight is 148 g/mol. The minimum Gasteiger partial charge on any atom is -0.478 e. The van der Waals surface area contributed by atoms with E-state index in [1.165, 1.54) is 5.57 Å². The Kier molecular flexibility index (Phi) is 1.22. The van der Waals surface area contributed by atoms with E-state index in [1.54, 1.807) is 6.08 Å². The van der Waals surface area contributed by atoms with E-state index < -0.39 is 5.97 Å². The molecule has 2 nitrogen and oxygen atoms in total. The Morgan fingerprint density at radius 1 is 1.55 bits per heavy atom. The summed E-state index contributed by atoms with van der Waals surface area (Å²) in [5.41, 5.74) is 2.89. The molecule has 0 aromatic carbocycles. The topological polar surface area (TPSA) is 37.3 Å². The van der Waals surface area contributed by atoms with E-state index in [0.717, 1.165) is 12.0 Å². The van der Waals surface area contributed by atoms with Gasteiger partial charge in [-0.15, -0.1) is 0 Å². The highest BCUT2D eigenvalue weighted by molar-refractivity contribution is 5.89. The number of allylic oxidation sites excluding steroid dienone is 5. The van der Waals surface area contributed by atoms with Crippen molar-refractivity contribution in [3.63, 3.8) is 0 Å². The van der Waals surface area contributed by atoms with Crippen LogP contribution in [0.15, 0.2) is 34.9 Å². The zero-order valence-electron chi connectivity index (χ0n) is 6.00. The quantitative estimate of drug-likeness (QED) is 0.614. The average Bonchev–Trinajstić information content (AvgIpc) is 2.40. The number of hydrogen-bond acceptors (Lipinski definition) is 1. The van der Waals surface area contributed by atoms with Crippen LogP contribution in [0.1, 0.15) is 12.8 Å². The molecule has 2 heteroatoms. The van der Waals surface area contributed by atoms with Gasteiger partial charge in [0.1, 0.15) is 0 Å². The summed E-state index contributed by atoms with van der Waals surface area (Å²) < 4.78 is 0. The van der Waals surface area contributed by atoms with Crippen LogP contribution in [0.5, 0.6) is 0 Å². The first-order valence-electron chi connectivity index (χ1n) is 3.60. The van der Waals surface area contributed by atoms with E-state index in [-0.39, 0.29) is 0 Å². The number of hydrogen-bond donors (Lipinski definition) is 1. The monoisotopic (exact) mass is 148 g/mol. The van der Waals surface area contributed by atoms with Gasteiger partial charge in [-0.2, -0.15) is 0 Å². The predicted molar refractivity (Wildman–Crippen MR) is 41.1 cm³/mol. The fraction of sp³-hybridized carbons (Fsp3) is 0.222. The summed E-state index contributed by atoms with van der Waals surface area (Å²) in [6.07, 6.45) is 7.40. The molecular formula is C9H8O2. The molecule has 0 atom stereocenters. The Hall–Kier alpha value is -1.31. The summed E-state index contributed by atoms with van der Waals surface area (Å²) in [4.78, 5) is 10.5. The lowest BCUT2D eigenvalue weighted by Gasteiger charge is -1.95. The van der Waals surface area contributed by atoms with Crippen LogP contribution in [0.4, 0.5) is 0 Å². The third kappa shape index (κ3) is 0.909. The zero-order chi connectivity index (χ0) is 7.84. The highest BCUT2D eigenvalue weighted by Gasteiger charge is 2.20. The third-order valence-corrected chi connectivity index (χ3v) is 2.08. The standard InChI is InChI=1S/C9H8O2/c10-9(11)8-4-6-2-1-3-7(6)5-8/h1-2,4H,3,5H2,(H,10,11). The van der Waals surface area contributed by atoms with Gasteiger partial charge >= 0.3 is 5.97 Å². The van der Waals surface area contributed by atoms with Crippen LogP contribution in [-0.4, -0.2) is 11.1 Å². The van der Waals surface area contributed by atoms with Crippen molar-refractivity contribution in [2.45, 2.75) is 12.8 Å². The zero-order valence-corrected chi connectivity index (χ0v) is 6.00. The molecule has 0 saturated heterocycles. The van der Waals surface area contributed by atoms with Crippen LogP contribution in [0, 0.1) is 0 Å². The molecule has 11 heavy (non-hydrogen) atoms. The molecular weight excluding hydrogens is 140 g/mol. The second kappa shape index (κ2) is 2.09. The maximum atomic E-state index is 10.5. The van der Waals surface area contributed by atoms with Gasteiger partial charge in [0, 0.05) is 12.0 Å². The molecule has 0 radical (unpaired) electrons. The van der Waals surface area contributed by atoms with Crippen molar-refractivity contribution in [1.29, 1.82) is 0 Å². The molecule has 0 aromatic heterocycles. The molecule has 2 aliphatic carbocycles. The van der Waals surface area contributed by atoms with Crippen molar-refractivity contribution >= 4 is 5.97 Å². The fourth-order valence-electron chi connectivity index (χ4n) is 1.49. The second-order valence-electron chi connectivity index (χ2n) is 2.82. The second-order valence-corrected chi connectivity index (χ2v) is 2.82.